The molecule has 0 aliphatic heterocycles. The largest absolute Gasteiger partial charge is 0.487 e. The van der Waals surface area contributed by atoms with Crippen LogP contribution in [0.4, 0.5) is 0 Å². The van der Waals surface area contributed by atoms with Gasteiger partial charge in [0.15, 0.2) is 0 Å². The Labute approximate surface area is 195 Å². The number of benzene rings is 1. The quantitative estimate of drug-likeness (QED) is 0.352. The van der Waals surface area contributed by atoms with Gasteiger partial charge in [0.1, 0.15) is 12.4 Å². The van der Waals surface area contributed by atoms with Crippen molar-refractivity contribution in [3.05, 3.63) is 93.8 Å². The van der Waals surface area contributed by atoms with E-state index in [1.54, 1.807) is 36.7 Å². The van der Waals surface area contributed by atoms with Crippen molar-refractivity contribution in [2.75, 3.05) is 12.9 Å². The third kappa shape index (κ3) is 6.16. The molecule has 3 heterocycles. The number of hydrogen-bond acceptors (Lipinski definition) is 7. The average Bonchev–Trinajstić information content (AvgIpc) is 2.77. The zero-order chi connectivity index (χ0) is 23.4. The fraction of sp³-hybridized carbons (Fsp3) is 0.174. The van der Waals surface area contributed by atoms with Crippen LogP contribution < -0.4 is 10.3 Å². The van der Waals surface area contributed by atoms with Gasteiger partial charge in [-0.15, -0.1) is 0 Å². The van der Waals surface area contributed by atoms with Crippen LogP contribution in [0.15, 0.2) is 71.8 Å². The minimum Gasteiger partial charge on any atom is -0.487 e. The van der Waals surface area contributed by atoms with Gasteiger partial charge >= 0.3 is 0 Å². The Morgan fingerprint density at radius 1 is 1.03 bits per heavy atom. The summed E-state index contributed by atoms with van der Waals surface area (Å²) in [5.74, 6) is 0.441. The highest BCUT2D eigenvalue weighted by atomic mass is 35.5. The summed E-state index contributed by atoms with van der Waals surface area (Å²) in [7, 11) is -3.48. The molecule has 0 saturated carbocycles. The lowest BCUT2D eigenvalue weighted by Crippen LogP contribution is -2.16. The molecule has 0 spiro atoms. The van der Waals surface area contributed by atoms with Gasteiger partial charge in [-0.25, -0.2) is 0 Å². The normalized spacial score (nSPS) is 11.6. The van der Waals surface area contributed by atoms with Gasteiger partial charge in [-0.2, -0.15) is 8.42 Å². The number of hydrogen-bond donors (Lipinski definition) is 0. The monoisotopic (exact) mass is 485 g/mol. The van der Waals surface area contributed by atoms with Gasteiger partial charge in [0, 0.05) is 41.6 Å². The molecule has 0 saturated heterocycles. The molecular weight excluding hydrogens is 466 g/mol. The standard InChI is InChI=1S/C23H20ClN3O5S/c1-33(29,30)32-11-9-18-4-2-16-12-20(6-7-22(16)26-18)27-10-8-21(13-23(27)28)31-15-19-5-3-17(24)14-25-19/h2-8,10,12-14H,9,11,15H2,1H3. The van der Waals surface area contributed by atoms with E-state index < -0.39 is 10.1 Å². The summed E-state index contributed by atoms with van der Waals surface area (Å²) < 4.78 is 34.1. The van der Waals surface area contributed by atoms with Gasteiger partial charge in [-0.1, -0.05) is 17.7 Å². The Balaban J connectivity index is 1.47. The Morgan fingerprint density at radius 3 is 2.58 bits per heavy atom. The lowest BCUT2D eigenvalue weighted by molar-refractivity contribution is 0.300. The number of fused-ring (bicyclic) bond motifs is 1. The fourth-order valence-corrected chi connectivity index (χ4v) is 3.65. The SMILES string of the molecule is CS(=O)(=O)OCCc1ccc2cc(-n3ccc(OCc4ccc(Cl)cn4)cc3=O)ccc2n1. The zero-order valence-corrected chi connectivity index (χ0v) is 19.2. The van der Waals surface area contributed by atoms with E-state index in [4.69, 9.17) is 20.5 Å². The highest BCUT2D eigenvalue weighted by Gasteiger charge is 2.07. The maximum atomic E-state index is 12.7. The number of nitrogens with zero attached hydrogens (tertiary/aromatic N) is 3. The second-order valence-corrected chi connectivity index (χ2v) is 9.36. The van der Waals surface area contributed by atoms with Gasteiger partial charge in [-0.3, -0.25) is 23.5 Å². The molecule has 0 unspecified atom stereocenters. The molecule has 170 valence electrons. The molecule has 33 heavy (non-hydrogen) atoms. The molecule has 10 heteroatoms. The van der Waals surface area contributed by atoms with Crippen molar-refractivity contribution in [1.29, 1.82) is 0 Å². The first-order chi connectivity index (χ1) is 15.8. The smallest absolute Gasteiger partial charge is 0.264 e. The summed E-state index contributed by atoms with van der Waals surface area (Å²) in [6.45, 7) is 0.257. The molecule has 4 aromatic rings. The molecular formula is C23H20ClN3O5S. The van der Waals surface area contributed by atoms with Crippen LogP contribution in [-0.4, -0.2) is 35.8 Å². The van der Waals surface area contributed by atoms with Gasteiger partial charge < -0.3 is 4.74 Å². The van der Waals surface area contributed by atoms with Gasteiger partial charge in [0.2, 0.25) is 0 Å². The number of halogens is 1. The van der Waals surface area contributed by atoms with E-state index in [1.807, 2.05) is 24.3 Å². The van der Waals surface area contributed by atoms with Crippen LogP contribution >= 0.6 is 11.6 Å². The van der Waals surface area contributed by atoms with Crippen LogP contribution in [0, 0.1) is 0 Å². The Hall–Kier alpha value is -3.27. The summed E-state index contributed by atoms with van der Waals surface area (Å²) in [6, 6.07) is 15.8. The first-order valence-corrected chi connectivity index (χ1v) is 12.2. The van der Waals surface area contributed by atoms with Crippen molar-refractivity contribution < 1.29 is 17.3 Å². The highest BCUT2D eigenvalue weighted by Crippen LogP contribution is 2.18. The second-order valence-electron chi connectivity index (χ2n) is 7.28. The van der Waals surface area contributed by atoms with E-state index in [-0.39, 0.29) is 18.8 Å². The van der Waals surface area contributed by atoms with Crippen molar-refractivity contribution in [2.45, 2.75) is 13.0 Å². The van der Waals surface area contributed by atoms with Gasteiger partial charge in [0.25, 0.3) is 15.7 Å². The minimum absolute atomic E-state index is 0.0350. The molecule has 0 N–H and O–H groups in total. The van der Waals surface area contributed by atoms with Crippen LogP contribution in [0.1, 0.15) is 11.4 Å². The van der Waals surface area contributed by atoms with Crippen molar-refractivity contribution in [3.8, 4) is 11.4 Å². The number of ether oxygens (including phenoxy) is 1. The van der Waals surface area contributed by atoms with E-state index in [1.165, 1.54) is 10.6 Å². The molecule has 0 radical (unpaired) electrons. The summed E-state index contributed by atoms with van der Waals surface area (Å²) >= 11 is 5.83. The molecule has 1 aromatic carbocycles. The summed E-state index contributed by atoms with van der Waals surface area (Å²) in [5, 5.41) is 1.39. The van der Waals surface area contributed by atoms with Crippen LogP contribution in [0.2, 0.25) is 5.02 Å². The minimum atomic E-state index is -3.48. The van der Waals surface area contributed by atoms with E-state index in [9.17, 15) is 13.2 Å². The first kappa shape index (κ1) is 22.9. The van der Waals surface area contributed by atoms with Crippen molar-refractivity contribution in [3.63, 3.8) is 0 Å². The van der Waals surface area contributed by atoms with Crippen LogP contribution in [0.25, 0.3) is 16.6 Å². The Bertz CT molecular complexity index is 1450. The molecule has 3 aromatic heterocycles. The van der Waals surface area contributed by atoms with E-state index >= 15 is 0 Å². The lowest BCUT2D eigenvalue weighted by Gasteiger charge is -2.10. The number of pyridine rings is 3. The van der Waals surface area contributed by atoms with Crippen LogP contribution in [-0.2, 0) is 27.3 Å². The Morgan fingerprint density at radius 2 is 1.85 bits per heavy atom. The fourth-order valence-electron chi connectivity index (χ4n) is 3.15. The average molecular weight is 486 g/mol. The number of rotatable bonds is 8. The molecule has 0 fully saturated rings. The first-order valence-electron chi connectivity index (χ1n) is 9.97. The van der Waals surface area contributed by atoms with E-state index in [2.05, 4.69) is 9.97 Å². The van der Waals surface area contributed by atoms with Crippen molar-refractivity contribution in [2.24, 2.45) is 0 Å². The molecule has 8 nitrogen and oxygen atoms in total. The predicted octanol–water partition coefficient (Wildman–Crippen LogP) is 3.53. The summed E-state index contributed by atoms with van der Waals surface area (Å²) in [4.78, 5) is 21.3. The maximum Gasteiger partial charge on any atom is 0.264 e. The van der Waals surface area contributed by atoms with Crippen LogP contribution in [0.5, 0.6) is 5.75 Å². The molecule has 0 atom stereocenters. The molecule has 0 aliphatic carbocycles. The van der Waals surface area contributed by atoms with Crippen LogP contribution in [0.3, 0.4) is 0 Å². The predicted molar refractivity (Wildman–Crippen MR) is 125 cm³/mol. The third-order valence-electron chi connectivity index (χ3n) is 4.73. The van der Waals surface area contributed by atoms with Crippen molar-refractivity contribution in [1.82, 2.24) is 14.5 Å². The van der Waals surface area contributed by atoms with Crippen molar-refractivity contribution >= 4 is 32.6 Å². The maximum absolute atomic E-state index is 12.7. The van der Waals surface area contributed by atoms with E-state index in [0.29, 0.717) is 34.3 Å². The summed E-state index contributed by atoms with van der Waals surface area (Å²) in [6.07, 6.45) is 4.58. The number of aromatic nitrogens is 3. The molecule has 0 amide bonds. The zero-order valence-electron chi connectivity index (χ0n) is 17.6. The van der Waals surface area contributed by atoms with Gasteiger partial charge in [0.05, 0.1) is 29.1 Å². The molecule has 4 rings (SSSR count). The highest BCUT2D eigenvalue weighted by molar-refractivity contribution is 7.85. The second kappa shape index (κ2) is 9.70. The molecule has 0 aliphatic rings. The Kier molecular flexibility index (Phi) is 6.73. The van der Waals surface area contributed by atoms with E-state index in [0.717, 1.165) is 17.2 Å². The summed E-state index contributed by atoms with van der Waals surface area (Å²) in [5.41, 5.74) is 2.60. The molecule has 0 bridgehead atoms. The topological polar surface area (TPSA) is 100 Å². The third-order valence-corrected chi connectivity index (χ3v) is 5.55. The van der Waals surface area contributed by atoms with Gasteiger partial charge in [-0.05, 0) is 42.5 Å². The lowest BCUT2D eigenvalue weighted by atomic mass is 10.1.